The summed E-state index contributed by atoms with van der Waals surface area (Å²) in [4.78, 5) is 17.6. The molecule has 0 aliphatic heterocycles. The summed E-state index contributed by atoms with van der Waals surface area (Å²) in [6, 6.07) is 11.6. The van der Waals surface area contributed by atoms with Crippen LogP contribution in [0.1, 0.15) is 28.9 Å². The van der Waals surface area contributed by atoms with Gasteiger partial charge in [0, 0.05) is 19.2 Å². The number of hydrogen-bond donors (Lipinski definition) is 2. The molecule has 1 unspecified atom stereocenters. The highest BCUT2D eigenvalue weighted by Gasteiger charge is 2.30. The number of aliphatic hydroxyl groups excluding tert-OH is 1. The van der Waals surface area contributed by atoms with Crippen molar-refractivity contribution in [2.75, 3.05) is 6.54 Å². The van der Waals surface area contributed by atoms with Gasteiger partial charge >= 0.3 is 0 Å². The molecule has 1 aliphatic carbocycles. The molecule has 1 amide bonds. The van der Waals surface area contributed by atoms with Crippen molar-refractivity contribution >= 4 is 16.9 Å². The third-order valence-corrected chi connectivity index (χ3v) is 4.92. The Kier molecular flexibility index (Phi) is 4.20. The van der Waals surface area contributed by atoms with Gasteiger partial charge in [0.15, 0.2) is 5.65 Å². The lowest BCUT2D eigenvalue weighted by Crippen LogP contribution is -2.33. The molecule has 0 saturated heterocycles. The van der Waals surface area contributed by atoms with E-state index < -0.39 is 6.10 Å². The number of aromatic nitrogens is 3. The summed E-state index contributed by atoms with van der Waals surface area (Å²) in [5.41, 5.74) is 3.66. The van der Waals surface area contributed by atoms with Gasteiger partial charge in [-0.3, -0.25) is 9.48 Å². The number of amides is 1. The monoisotopic (exact) mass is 350 g/mol. The Morgan fingerprint density at radius 2 is 2.08 bits per heavy atom. The predicted octanol–water partition coefficient (Wildman–Crippen LogP) is 2.44. The van der Waals surface area contributed by atoms with Crippen LogP contribution in [-0.2, 0) is 7.05 Å². The predicted molar refractivity (Wildman–Crippen MR) is 99.7 cm³/mol. The van der Waals surface area contributed by atoms with Gasteiger partial charge in [0.1, 0.15) is 0 Å². The highest BCUT2D eigenvalue weighted by atomic mass is 16.3. The first-order valence-electron chi connectivity index (χ1n) is 8.90. The zero-order chi connectivity index (χ0) is 18.3. The number of benzene rings is 1. The molecule has 1 fully saturated rings. The first-order valence-corrected chi connectivity index (χ1v) is 8.90. The van der Waals surface area contributed by atoms with Crippen LogP contribution in [-0.4, -0.2) is 38.4 Å². The third kappa shape index (κ3) is 3.08. The first kappa shape index (κ1) is 16.7. The molecule has 6 nitrogen and oxygen atoms in total. The molecule has 4 rings (SSSR count). The van der Waals surface area contributed by atoms with Crippen molar-refractivity contribution in [3.63, 3.8) is 0 Å². The van der Waals surface area contributed by atoms with Crippen molar-refractivity contribution in [3.8, 4) is 11.3 Å². The number of fused-ring (bicyclic) bond motifs is 1. The molecular weight excluding hydrogens is 328 g/mol. The number of carbonyl (C=O) groups is 1. The van der Waals surface area contributed by atoms with E-state index in [4.69, 9.17) is 4.98 Å². The van der Waals surface area contributed by atoms with Crippen molar-refractivity contribution in [1.82, 2.24) is 20.1 Å². The van der Waals surface area contributed by atoms with Gasteiger partial charge in [-0.2, -0.15) is 5.10 Å². The molecule has 0 radical (unpaired) electrons. The first-order chi connectivity index (χ1) is 12.5. The number of nitrogens with zero attached hydrogens (tertiary/aromatic N) is 3. The van der Waals surface area contributed by atoms with Crippen LogP contribution in [0.15, 0.2) is 36.4 Å². The molecule has 26 heavy (non-hydrogen) atoms. The normalized spacial score (nSPS) is 15.2. The summed E-state index contributed by atoms with van der Waals surface area (Å²) in [5, 5.41) is 18.1. The van der Waals surface area contributed by atoms with Crippen LogP contribution < -0.4 is 5.32 Å². The van der Waals surface area contributed by atoms with Crippen LogP contribution in [0.5, 0.6) is 0 Å². The molecule has 2 heterocycles. The zero-order valence-corrected chi connectivity index (χ0v) is 14.9. The van der Waals surface area contributed by atoms with Gasteiger partial charge in [-0.1, -0.05) is 30.3 Å². The fourth-order valence-corrected chi connectivity index (χ4v) is 3.32. The molecule has 134 valence electrons. The van der Waals surface area contributed by atoms with Crippen molar-refractivity contribution in [1.29, 1.82) is 0 Å². The smallest absolute Gasteiger partial charge is 0.252 e. The number of aryl methyl sites for hydroxylation is 2. The molecule has 2 N–H and O–H groups in total. The summed E-state index contributed by atoms with van der Waals surface area (Å²) in [6.07, 6.45) is 1.60. The Labute approximate surface area is 151 Å². The SMILES string of the molecule is Cc1nn(C)c2nc(-c3ccccc3)cc(C(=O)NCC(O)C3CC3)c12. The lowest BCUT2D eigenvalue weighted by molar-refractivity contribution is 0.0902. The lowest BCUT2D eigenvalue weighted by Gasteiger charge is -2.12. The van der Waals surface area contributed by atoms with E-state index in [9.17, 15) is 9.90 Å². The van der Waals surface area contributed by atoms with E-state index in [-0.39, 0.29) is 12.5 Å². The molecule has 1 aliphatic rings. The van der Waals surface area contributed by atoms with E-state index in [1.165, 1.54) is 0 Å². The molecule has 2 aromatic heterocycles. The molecule has 1 saturated carbocycles. The van der Waals surface area contributed by atoms with Crippen LogP contribution >= 0.6 is 0 Å². The Morgan fingerprint density at radius 3 is 2.77 bits per heavy atom. The standard InChI is InChI=1S/C20H22N4O2/c1-12-18-15(20(26)21-11-17(25)14-8-9-14)10-16(13-6-4-3-5-7-13)22-19(18)24(2)23-12/h3-7,10,14,17,25H,8-9,11H2,1-2H3,(H,21,26). The van der Waals surface area contributed by atoms with E-state index >= 15 is 0 Å². The number of pyridine rings is 1. The van der Waals surface area contributed by atoms with E-state index in [1.807, 2.05) is 50.4 Å². The molecule has 0 spiro atoms. The quantitative estimate of drug-likeness (QED) is 0.741. The molecule has 3 aromatic rings. The van der Waals surface area contributed by atoms with Gasteiger partial charge in [0.05, 0.1) is 28.4 Å². The average molecular weight is 350 g/mol. The van der Waals surface area contributed by atoms with Crippen LogP contribution in [0.4, 0.5) is 0 Å². The second-order valence-electron chi connectivity index (χ2n) is 6.94. The number of carbonyl (C=O) groups excluding carboxylic acids is 1. The molecule has 0 bridgehead atoms. The van der Waals surface area contributed by atoms with Crippen molar-refractivity contribution in [2.24, 2.45) is 13.0 Å². The summed E-state index contributed by atoms with van der Waals surface area (Å²) < 4.78 is 1.70. The van der Waals surface area contributed by atoms with Gasteiger partial charge in [0.25, 0.3) is 5.91 Å². The van der Waals surface area contributed by atoms with Gasteiger partial charge < -0.3 is 10.4 Å². The fourth-order valence-electron chi connectivity index (χ4n) is 3.32. The van der Waals surface area contributed by atoms with Crippen LogP contribution in [0, 0.1) is 12.8 Å². The average Bonchev–Trinajstić information content (AvgIpc) is 3.46. The maximum Gasteiger partial charge on any atom is 0.252 e. The van der Waals surface area contributed by atoms with E-state index in [2.05, 4.69) is 10.4 Å². The number of aliphatic hydroxyl groups is 1. The van der Waals surface area contributed by atoms with E-state index in [0.717, 1.165) is 35.2 Å². The van der Waals surface area contributed by atoms with Crippen LogP contribution in [0.2, 0.25) is 0 Å². The summed E-state index contributed by atoms with van der Waals surface area (Å²) in [6.45, 7) is 2.15. The Hall–Kier alpha value is -2.73. The van der Waals surface area contributed by atoms with Crippen molar-refractivity contribution in [3.05, 3.63) is 47.7 Å². The lowest BCUT2D eigenvalue weighted by atomic mass is 10.0. The minimum Gasteiger partial charge on any atom is -0.391 e. The topological polar surface area (TPSA) is 80.0 Å². The minimum atomic E-state index is -0.472. The maximum absolute atomic E-state index is 12.9. The Bertz CT molecular complexity index is 961. The molecule has 6 heteroatoms. The number of hydrogen-bond acceptors (Lipinski definition) is 4. The van der Waals surface area contributed by atoms with Crippen LogP contribution in [0.25, 0.3) is 22.3 Å². The largest absolute Gasteiger partial charge is 0.391 e. The highest BCUT2D eigenvalue weighted by Crippen LogP contribution is 2.32. The minimum absolute atomic E-state index is 0.203. The summed E-state index contributed by atoms with van der Waals surface area (Å²) in [7, 11) is 1.83. The summed E-state index contributed by atoms with van der Waals surface area (Å²) in [5.74, 6) is 0.123. The van der Waals surface area contributed by atoms with E-state index in [1.54, 1.807) is 4.68 Å². The second-order valence-corrected chi connectivity index (χ2v) is 6.94. The number of rotatable bonds is 5. The number of nitrogens with one attached hydrogen (secondary N) is 1. The fraction of sp³-hybridized carbons (Fsp3) is 0.350. The Balaban J connectivity index is 1.74. The van der Waals surface area contributed by atoms with E-state index in [0.29, 0.717) is 17.1 Å². The maximum atomic E-state index is 12.9. The Morgan fingerprint density at radius 1 is 1.35 bits per heavy atom. The zero-order valence-electron chi connectivity index (χ0n) is 14.9. The van der Waals surface area contributed by atoms with Crippen molar-refractivity contribution in [2.45, 2.75) is 25.9 Å². The third-order valence-electron chi connectivity index (χ3n) is 4.92. The second kappa shape index (κ2) is 6.53. The van der Waals surface area contributed by atoms with Crippen molar-refractivity contribution < 1.29 is 9.90 Å². The highest BCUT2D eigenvalue weighted by molar-refractivity contribution is 6.07. The molecule has 1 aromatic carbocycles. The van der Waals surface area contributed by atoms with Gasteiger partial charge in [0.2, 0.25) is 0 Å². The summed E-state index contributed by atoms with van der Waals surface area (Å²) >= 11 is 0. The molecular formula is C20H22N4O2. The van der Waals surface area contributed by atoms with Crippen LogP contribution in [0.3, 0.4) is 0 Å². The molecule has 1 atom stereocenters. The van der Waals surface area contributed by atoms with Gasteiger partial charge in [-0.25, -0.2) is 4.98 Å². The van der Waals surface area contributed by atoms with Gasteiger partial charge in [-0.15, -0.1) is 0 Å². The van der Waals surface area contributed by atoms with Gasteiger partial charge in [-0.05, 0) is 31.7 Å².